The number of amides is 1. The van der Waals surface area contributed by atoms with Gasteiger partial charge in [-0.15, -0.1) is 0 Å². The fourth-order valence-corrected chi connectivity index (χ4v) is 3.33. The Hall–Kier alpha value is -0.610. The third kappa shape index (κ3) is 4.77. The second-order valence-corrected chi connectivity index (χ2v) is 6.07. The van der Waals surface area contributed by atoms with Gasteiger partial charge in [0.2, 0.25) is 5.91 Å². The molecule has 1 amide bonds. The zero-order valence-corrected chi connectivity index (χ0v) is 11.9. The first-order chi connectivity index (χ1) is 9.27. The van der Waals surface area contributed by atoms with E-state index in [9.17, 15) is 9.90 Å². The van der Waals surface area contributed by atoms with E-state index in [2.05, 4.69) is 10.6 Å². The van der Waals surface area contributed by atoms with Gasteiger partial charge in [0.25, 0.3) is 0 Å². The van der Waals surface area contributed by atoms with Crippen molar-refractivity contribution in [2.45, 2.75) is 57.5 Å². The van der Waals surface area contributed by atoms with Crippen LogP contribution >= 0.6 is 0 Å². The van der Waals surface area contributed by atoms with E-state index < -0.39 is 0 Å². The normalized spacial score (nSPS) is 29.1. The molecule has 4 heteroatoms. The smallest absolute Gasteiger partial charge is 0.223 e. The first-order valence-electron chi connectivity index (χ1n) is 7.94. The van der Waals surface area contributed by atoms with Crippen LogP contribution in [0.3, 0.4) is 0 Å². The van der Waals surface area contributed by atoms with Gasteiger partial charge in [-0.1, -0.05) is 12.8 Å². The largest absolute Gasteiger partial charge is 0.393 e. The summed E-state index contributed by atoms with van der Waals surface area (Å²) in [6.07, 6.45) is 8.42. The predicted octanol–water partition coefficient (Wildman–Crippen LogP) is 1.43. The summed E-state index contributed by atoms with van der Waals surface area (Å²) in [5.41, 5.74) is 0. The van der Waals surface area contributed by atoms with Crippen molar-refractivity contribution in [2.75, 3.05) is 19.6 Å². The molecule has 4 nitrogen and oxygen atoms in total. The first kappa shape index (κ1) is 14.8. The molecule has 0 aromatic carbocycles. The molecule has 2 aliphatic rings. The van der Waals surface area contributed by atoms with Gasteiger partial charge in [-0.3, -0.25) is 4.79 Å². The standard InChI is InChI=1S/C15H28N2O2/c18-14-6-2-1-4-12(14)5-3-9-17-15(19)13-7-10-16-11-8-13/h12-14,16,18H,1-11H2,(H,17,19). The summed E-state index contributed by atoms with van der Waals surface area (Å²) in [4.78, 5) is 11.9. The van der Waals surface area contributed by atoms with Gasteiger partial charge < -0.3 is 15.7 Å². The highest BCUT2D eigenvalue weighted by molar-refractivity contribution is 5.78. The molecule has 1 heterocycles. The highest BCUT2D eigenvalue weighted by Crippen LogP contribution is 2.27. The molecule has 1 aliphatic heterocycles. The second kappa shape index (κ2) is 7.85. The van der Waals surface area contributed by atoms with Crippen LogP contribution in [0.2, 0.25) is 0 Å². The number of aliphatic hydroxyl groups is 1. The molecule has 2 fully saturated rings. The molecule has 2 atom stereocenters. The maximum absolute atomic E-state index is 11.9. The minimum Gasteiger partial charge on any atom is -0.393 e. The summed E-state index contributed by atoms with van der Waals surface area (Å²) in [7, 11) is 0. The third-order valence-electron chi connectivity index (χ3n) is 4.63. The van der Waals surface area contributed by atoms with E-state index in [4.69, 9.17) is 0 Å². The van der Waals surface area contributed by atoms with Gasteiger partial charge in [-0.2, -0.15) is 0 Å². The molecule has 110 valence electrons. The molecular weight excluding hydrogens is 240 g/mol. The van der Waals surface area contributed by atoms with Gasteiger partial charge in [0, 0.05) is 12.5 Å². The highest BCUT2D eigenvalue weighted by atomic mass is 16.3. The van der Waals surface area contributed by atoms with Crippen molar-refractivity contribution in [3.8, 4) is 0 Å². The van der Waals surface area contributed by atoms with Crippen molar-refractivity contribution in [1.29, 1.82) is 0 Å². The molecular formula is C15H28N2O2. The first-order valence-corrected chi connectivity index (χ1v) is 7.94. The van der Waals surface area contributed by atoms with E-state index in [1.807, 2.05) is 0 Å². The average Bonchev–Trinajstić information content (AvgIpc) is 2.46. The fourth-order valence-electron chi connectivity index (χ4n) is 3.33. The van der Waals surface area contributed by atoms with Crippen molar-refractivity contribution in [3.05, 3.63) is 0 Å². The van der Waals surface area contributed by atoms with E-state index in [0.29, 0.717) is 5.92 Å². The SMILES string of the molecule is O=C(NCCCC1CCCCC1O)C1CCNCC1. The van der Waals surface area contributed by atoms with Crippen molar-refractivity contribution in [2.24, 2.45) is 11.8 Å². The van der Waals surface area contributed by atoms with Crippen LogP contribution in [0.5, 0.6) is 0 Å². The fraction of sp³-hybridized carbons (Fsp3) is 0.933. The Labute approximate surface area is 116 Å². The highest BCUT2D eigenvalue weighted by Gasteiger charge is 2.23. The van der Waals surface area contributed by atoms with Crippen LogP contribution in [0.1, 0.15) is 51.4 Å². The van der Waals surface area contributed by atoms with Crippen molar-refractivity contribution in [3.63, 3.8) is 0 Å². The molecule has 1 saturated carbocycles. The Kier molecular flexibility index (Phi) is 6.11. The third-order valence-corrected chi connectivity index (χ3v) is 4.63. The maximum atomic E-state index is 11.9. The average molecular weight is 268 g/mol. The lowest BCUT2D eigenvalue weighted by atomic mass is 9.83. The lowest BCUT2D eigenvalue weighted by Crippen LogP contribution is -2.38. The molecule has 19 heavy (non-hydrogen) atoms. The molecule has 0 aromatic heterocycles. The second-order valence-electron chi connectivity index (χ2n) is 6.07. The van der Waals surface area contributed by atoms with Crippen LogP contribution in [0.25, 0.3) is 0 Å². The van der Waals surface area contributed by atoms with Gasteiger partial charge in [0.1, 0.15) is 0 Å². The van der Waals surface area contributed by atoms with E-state index in [1.54, 1.807) is 0 Å². The predicted molar refractivity (Wildman–Crippen MR) is 75.8 cm³/mol. The molecule has 0 spiro atoms. The number of hydrogen-bond acceptors (Lipinski definition) is 3. The molecule has 0 bridgehead atoms. The van der Waals surface area contributed by atoms with E-state index in [-0.39, 0.29) is 17.9 Å². The van der Waals surface area contributed by atoms with Crippen LogP contribution in [-0.4, -0.2) is 36.8 Å². The van der Waals surface area contributed by atoms with Gasteiger partial charge in [-0.25, -0.2) is 0 Å². The number of piperidine rings is 1. The lowest BCUT2D eigenvalue weighted by Gasteiger charge is -2.27. The van der Waals surface area contributed by atoms with Crippen LogP contribution in [0.15, 0.2) is 0 Å². The topological polar surface area (TPSA) is 61.4 Å². The summed E-state index contributed by atoms with van der Waals surface area (Å²) in [5, 5.41) is 16.2. The summed E-state index contributed by atoms with van der Waals surface area (Å²) >= 11 is 0. The van der Waals surface area contributed by atoms with Crippen molar-refractivity contribution >= 4 is 5.91 Å². The van der Waals surface area contributed by atoms with Gasteiger partial charge >= 0.3 is 0 Å². The van der Waals surface area contributed by atoms with Gasteiger partial charge in [0.15, 0.2) is 0 Å². The summed E-state index contributed by atoms with van der Waals surface area (Å²) < 4.78 is 0. The Morgan fingerprint density at radius 3 is 2.63 bits per heavy atom. The maximum Gasteiger partial charge on any atom is 0.223 e. The molecule has 1 aliphatic carbocycles. The molecule has 0 radical (unpaired) electrons. The minimum absolute atomic E-state index is 0.103. The van der Waals surface area contributed by atoms with E-state index >= 15 is 0 Å². The number of rotatable bonds is 5. The number of nitrogens with one attached hydrogen (secondary N) is 2. The van der Waals surface area contributed by atoms with Crippen LogP contribution in [0, 0.1) is 11.8 Å². The summed E-state index contributed by atoms with van der Waals surface area (Å²) in [6, 6.07) is 0. The Bertz CT molecular complexity index is 277. The summed E-state index contributed by atoms with van der Waals surface area (Å²) in [5.74, 6) is 0.900. The van der Waals surface area contributed by atoms with Crippen LogP contribution in [0.4, 0.5) is 0 Å². The molecule has 3 N–H and O–H groups in total. The molecule has 0 aromatic rings. The molecule has 1 saturated heterocycles. The number of carbonyl (C=O) groups excluding carboxylic acids is 1. The number of carbonyl (C=O) groups is 1. The molecule has 2 unspecified atom stereocenters. The van der Waals surface area contributed by atoms with Gasteiger partial charge in [-0.05, 0) is 57.5 Å². The Morgan fingerprint density at radius 1 is 1.16 bits per heavy atom. The zero-order valence-electron chi connectivity index (χ0n) is 11.9. The quantitative estimate of drug-likeness (QED) is 0.661. The van der Waals surface area contributed by atoms with Crippen molar-refractivity contribution in [1.82, 2.24) is 10.6 Å². The summed E-state index contributed by atoms with van der Waals surface area (Å²) in [6.45, 7) is 2.70. The lowest BCUT2D eigenvalue weighted by molar-refractivity contribution is -0.125. The zero-order chi connectivity index (χ0) is 13.5. The minimum atomic E-state index is -0.103. The van der Waals surface area contributed by atoms with E-state index in [0.717, 1.165) is 58.2 Å². The number of hydrogen-bond donors (Lipinski definition) is 3. The van der Waals surface area contributed by atoms with Crippen LogP contribution in [-0.2, 0) is 4.79 Å². The van der Waals surface area contributed by atoms with Gasteiger partial charge in [0.05, 0.1) is 6.10 Å². The van der Waals surface area contributed by atoms with E-state index in [1.165, 1.54) is 12.8 Å². The monoisotopic (exact) mass is 268 g/mol. The number of aliphatic hydroxyl groups excluding tert-OH is 1. The Morgan fingerprint density at radius 2 is 1.89 bits per heavy atom. The van der Waals surface area contributed by atoms with Crippen molar-refractivity contribution < 1.29 is 9.90 Å². The Balaban J connectivity index is 1.56. The van der Waals surface area contributed by atoms with Crippen LogP contribution < -0.4 is 10.6 Å². The molecule has 2 rings (SSSR count).